The van der Waals surface area contributed by atoms with Crippen molar-refractivity contribution in [2.24, 2.45) is 11.3 Å². The second-order valence-electron chi connectivity index (χ2n) is 6.80. The van der Waals surface area contributed by atoms with Crippen molar-refractivity contribution in [2.45, 2.75) is 51.4 Å². The van der Waals surface area contributed by atoms with Crippen LogP contribution in [0.2, 0.25) is 0 Å². The number of hydrogen-bond acceptors (Lipinski definition) is 0. The molecule has 1 aromatic carbocycles. The quantitative estimate of drug-likeness (QED) is 0.567. The van der Waals surface area contributed by atoms with Gasteiger partial charge >= 0.3 is 0 Å². The molecule has 0 heterocycles. The van der Waals surface area contributed by atoms with Crippen LogP contribution in [0.3, 0.4) is 0 Å². The highest BCUT2D eigenvalue weighted by Gasteiger charge is 2.46. The molecule has 1 aromatic rings. The Morgan fingerprint density at radius 2 is 2.00 bits per heavy atom. The summed E-state index contributed by atoms with van der Waals surface area (Å²) >= 11 is 0. The fraction of sp³-hybridized carbons (Fsp3) is 0.556. The predicted octanol–water partition coefficient (Wildman–Crippen LogP) is 4.85. The lowest BCUT2D eigenvalue weighted by atomic mass is 9.60. The molecule has 0 bridgehead atoms. The largest absolute Gasteiger partial charge is 0.0800 e. The van der Waals surface area contributed by atoms with Crippen LogP contribution in [0.15, 0.2) is 35.9 Å². The third-order valence-electron chi connectivity index (χ3n) is 5.88. The SMILES string of the molecule is C[C@@]12CCC[C@H]1C1=CCc3ccccc3[C@H]1CC2. The van der Waals surface area contributed by atoms with Crippen LogP contribution in [0.25, 0.3) is 0 Å². The van der Waals surface area contributed by atoms with Gasteiger partial charge < -0.3 is 0 Å². The zero-order valence-corrected chi connectivity index (χ0v) is 11.3. The van der Waals surface area contributed by atoms with E-state index >= 15 is 0 Å². The molecule has 0 saturated heterocycles. The first-order valence-corrected chi connectivity index (χ1v) is 7.56. The van der Waals surface area contributed by atoms with Gasteiger partial charge in [-0.25, -0.2) is 0 Å². The summed E-state index contributed by atoms with van der Waals surface area (Å²) < 4.78 is 0. The average molecular weight is 238 g/mol. The van der Waals surface area contributed by atoms with Crippen LogP contribution in [0.4, 0.5) is 0 Å². The minimum absolute atomic E-state index is 0.634. The molecule has 0 N–H and O–H groups in total. The van der Waals surface area contributed by atoms with E-state index in [1.54, 1.807) is 16.7 Å². The summed E-state index contributed by atoms with van der Waals surface area (Å²) in [5.74, 6) is 1.65. The minimum atomic E-state index is 0.634. The Labute approximate surface area is 110 Å². The van der Waals surface area contributed by atoms with Gasteiger partial charge in [0.25, 0.3) is 0 Å². The maximum atomic E-state index is 2.58. The molecule has 3 aliphatic rings. The molecule has 3 atom stereocenters. The highest BCUT2D eigenvalue weighted by molar-refractivity contribution is 5.44. The van der Waals surface area contributed by atoms with Crippen molar-refractivity contribution in [3.8, 4) is 0 Å². The van der Waals surface area contributed by atoms with Gasteiger partial charge in [0.1, 0.15) is 0 Å². The Hall–Kier alpha value is -1.04. The van der Waals surface area contributed by atoms with Gasteiger partial charge in [0.15, 0.2) is 0 Å². The molecule has 0 unspecified atom stereocenters. The van der Waals surface area contributed by atoms with Gasteiger partial charge in [-0.05, 0) is 54.6 Å². The zero-order chi connectivity index (χ0) is 12.2. The molecule has 0 spiro atoms. The first-order valence-electron chi connectivity index (χ1n) is 7.56. The van der Waals surface area contributed by atoms with E-state index in [1.165, 1.54) is 38.5 Å². The molecule has 0 amide bonds. The summed E-state index contributed by atoms with van der Waals surface area (Å²) in [6.07, 6.45) is 10.9. The smallest absolute Gasteiger partial charge is 0.00543 e. The molecule has 0 nitrogen and oxygen atoms in total. The third-order valence-corrected chi connectivity index (χ3v) is 5.88. The van der Waals surface area contributed by atoms with E-state index in [4.69, 9.17) is 0 Å². The van der Waals surface area contributed by atoms with Crippen molar-refractivity contribution in [1.29, 1.82) is 0 Å². The second-order valence-corrected chi connectivity index (χ2v) is 6.80. The number of hydrogen-bond donors (Lipinski definition) is 0. The van der Waals surface area contributed by atoms with Crippen LogP contribution < -0.4 is 0 Å². The van der Waals surface area contributed by atoms with Crippen molar-refractivity contribution >= 4 is 0 Å². The van der Waals surface area contributed by atoms with Crippen molar-refractivity contribution in [1.82, 2.24) is 0 Å². The monoisotopic (exact) mass is 238 g/mol. The molecule has 0 aromatic heterocycles. The Morgan fingerprint density at radius 1 is 1.11 bits per heavy atom. The Bertz CT molecular complexity index is 511. The summed E-state index contributed by atoms with van der Waals surface area (Å²) in [7, 11) is 0. The zero-order valence-electron chi connectivity index (χ0n) is 11.3. The van der Waals surface area contributed by atoms with Crippen molar-refractivity contribution in [3.05, 3.63) is 47.0 Å². The highest BCUT2D eigenvalue weighted by Crippen LogP contribution is 2.59. The van der Waals surface area contributed by atoms with Gasteiger partial charge in [-0.1, -0.05) is 49.3 Å². The van der Waals surface area contributed by atoms with Gasteiger partial charge in [0.2, 0.25) is 0 Å². The van der Waals surface area contributed by atoms with Gasteiger partial charge in [-0.15, -0.1) is 0 Å². The maximum absolute atomic E-state index is 2.58. The Balaban J connectivity index is 1.78. The summed E-state index contributed by atoms with van der Waals surface area (Å²) in [6.45, 7) is 2.54. The number of benzene rings is 1. The molecule has 0 aliphatic heterocycles. The lowest BCUT2D eigenvalue weighted by Crippen LogP contribution is -2.33. The fourth-order valence-corrected chi connectivity index (χ4v) is 4.89. The van der Waals surface area contributed by atoms with Crippen LogP contribution in [-0.4, -0.2) is 0 Å². The van der Waals surface area contributed by atoms with E-state index in [0.29, 0.717) is 5.41 Å². The van der Waals surface area contributed by atoms with Crippen LogP contribution in [-0.2, 0) is 6.42 Å². The van der Waals surface area contributed by atoms with Gasteiger partial charge in [0.05, 0.1) is 0 Å². The van der Waals surface area contributed by atoms with E-state index in [9.17, 15) is 0 Å². The molecule has 94 valence electrons. The van der Waals surface area contributed by atoms with Gasteiger partial charge in [0, 0.05) is 5.92 Å². The first-order chi connectivity index (χ1) is 8.78. The lowest BCUT2D eigenvalue weighted by molar-refractivity contribution is 0.188. The summed E-state index contributed by atoms with van der Waals surface area (Å²) in [5, 5.41) is 0. The molecule has 4 rings (SSSR count). The molecule has 2 saturated carbocycles. The third kappa shape index (κ3) is 1.38. The van der Waals surface area contributed by atoms with Gasteiger partial charge in [-0.3, -0.25) is 0 Å². The van der Waals surface area contributed by atoms with E-state index in [0.717, 1.165) is 11.8 Å². The summed E-state index contributed by atoms with van der Waals surface area (Å²) in [4.78, 5) is 0. The Kier molecular flexibility index (Phi) is 2.24. The first kappa shape index (κ1) is 10.8. The van der Waals surface area contributed by atoms with E-state index < -0.39 is 0 Å². The van der Waals surface area contributed by atoms with Crippen LogP contribution in [0.1, 0.15) is 56.1 Å². The van der Waals surface area contributed by atoms with Crippen molar-refractivity contribution < 1.29 is 0 Å². The van der Waals surface area contributed by atoms with Crippen LogP contribution in [0, 0.1) is 11.3 Å². The fourth-order valence-electron chi connectivity index (χ4n) is 4.89. The van der Waals surface area contributed by atoms with Crippen LogP contribution in [0.5, 0.6) is 0 Å². The molecule has 18 heavy (non-hydrogen) atoms. The number of rotatable bonds is 0. The van der Waals surface area contributed by atoms with E-state index in [-0.39, 0.29) is 0 Å². The topological polar surface area (TPSA) is 0 Å². The van der Waals surface area contributed by atoms with E-state index in [2.05, 4.69) is 37.3 Å². The van der Waals surface area contributed by atoms with Crippen LogP contribution >= 0.6 is 0 Å². The maximum Gasteiger partial charge on any atom is 0.00543 e. The average Bonchev–Trinajstić information content (AvgIpc) is 2.80. The highest BCUT2D eigenvalue weighted by atomic mass is 14.5. The molecule has 2 fully saturated rings. The van der Waals surface area contributed by atoms with Gasteiger partial charge in [-0.2, -0.15) is 0 Å². The lowest BCUT2D eigenvalue weighted by Gasteiger charge is -2.44. The predicted molar refractivity (Wildman–Crippen MR) is 75.7 cm³/mol. The van der Waals surface area contributed by atoms with E-state index in [1.807, 2.05) is 0 Å². The number of allylic oxidation sites excluding steroid dienone is 2. The molecule has 0 radical (unpaired) electrons. The molecule has 3 aliphatic carbocycles. The standard InChI is InChI=1S/C18H22/c1-18-11-4-7-17(18)16-9-8-13-5-2-3-6-14(13)15(16)10-12-18/h2-3,5-6,9,15,17H,4,7-8,10-12H2,1H3/t15-,17+,18+/m1/s1. The minimum Gasteiger partial charge on any atom is -0.0800 e. The second kappa shape index (κ2) is 3.73. The van der Waals surface area contributed by atoms with Crippen molar-refractivity contribution in [2.75, 3.05) is 0 Å². The normalized spacial score (nSPS) is 37.5. The number of fused-ring (bicyclic) bond motifs is 5. The molecular formula is C18H22. The van der Waals surface area contributed by atoms with Crippen molar-refractivity contribution in [3.63, 3.8) is 0 Å². The molecular weight excluding hydrogens is 216 g/mol. The Morgan fingerprint density at radius 3 is 2.94 bits per heavy atom. The summed E-state index contributed by atoms with van der Waals surface area (Å²) in [6, 6.07) is 9.13. The summed E-state index contributed by atoms with van der Waals surface area (Å²) in [5.41, 5.74) is 5.66. The molecule has 0 heteroatoms.